The van der Waals surface area contributed by atoms with Gasteiger partial charge in [0.2, 0.25) is 0 Å². The van der Waals surface area contributed by atoms with Gasteiger partial charge in [-0.15, -0.1) is 0 Å². The lowest BCUT2D eigenvalue weighted by atomic mass is 9.80. The highest BCUT2D eigenvalue weighted by molar-refractivity contribution is 5.51. The van der Waals surface area contributed by atoms with E-state index in [1.54, 1.807) is 18.2 Å². The lowest BCUT2D eigenvalue weighted by Crippen LogP contribution is -2.28. The molecule has 2 heteroatoms. The quantitative estimate of drug-likeness (QED) is 0.688. The Hall–Kier alpha value is -2.58. The maximum absolute atomic E-state index is 11.4. The van der Waals surface area contributed by atoms with Gasteiger partial charge in [-0.2, -0.15) is 0 Å². The molecule has 118 valence electrons. The molecule has 3 aromatic rings. The number of rotatable bonds is 3. The Morgan fingerprint density at radius 1 is 0.609 bits per heavy atom. The van der Waals surface area contributed by atoms with Crippen molar-refractivity contribution < 1.29 is 10.2 Å². The van der Waals surface area contributed by atoms with Crippen LogP contribution in [0.5, 0.6) is 5.75 Å². The van der Waals surface area contributed by atoms with E-state index in [-0.39, 0.29) is 5.75 Å². The summed E-state index contributed by atoms with van der Waals surface area (Å²) < 4.78 is 0. The standard InChI is InChI=1S/C19H16O2.C2H6/c20-18-14-8-7-13-17(18)19(21,15-9-3-1-4-10-15)16-11-5-2-6-12-16;1-2/h1-14,20-21H;1-2H3. The Kier molecular flexibility index (Phi) is 5.56. The number of para-hydroxylation sites is 1. The fraction of sp³-hybridized carbons (Fsp3) is 0.143. The predicted molar refractivity (Wildman–Crippen MR) is 94.4 cm³/mol. The van der Waals surface area contributed by atoms with E-state index in [4.69, 9.17) is 0 Å². The van der Waals surface area contributed by atoms with Crippen molar-refractivity contribution in [1.29, 1.82) is 0 Å². The molecule has 0 saturated carbocycles. The molecule has 0 fully saturated rings. The van der Waals surface area contributed by atoms with Gasteiger partial charge in [0.05, 0.1) is 0 Å². The van der Waals surface area contributed by atoms with Gasteiger partial charge in [0.1, 0.15) is 11.4 Å². The highest BCUT2D eigenvalue weighted by atomic mass is 16.3. The fourth-order valence-electron chi connectivity index (χ4n) is 2.62. The van der Waals surface area contributed by atoms with Crippen molar-refractivity contribution in [3.8, 4) is 5.75 Å². The molecule has 2 nitrogen and oxygen atoms in total. The average molecular weight is 306 g/mol. The highest BCUT2D eigenvalue weighted by Gasteiger charge is 2.35. The molecule has 0 saturated heterocycles. The predicted octanol–water partition coefficient (Wildman–Crippen LogP) is 4.70. The topological polar surface area (TPSA) is 40.5 Å². The molecule has 0 bridgehead atoms. The van der Waals surface area contributed by atoms with Gasteiger partial charge in [-0.05, 0) is 17.2 Å². The van der Waals surface area contributed by atoms with Crippen molar-refractivity contribution in [2.45, 2.75) is 19.4 Å². The van der Waals surface area contributed by atoms with Crippen LogP contribution in [-0.2, 0) is 5.60 Å². The molecule has 0 heterocycles. The molecule has 0 radical (unpaired) electrons. The van der Waals surface area contributed by atoms with E-state index in [1.165, 1.54) is 0 Å². The van der Waals surface area contributed by atoms with Crippen LogP contribution in [0.3, 0.4) is 0 Å². The zero-order chi connectivity index (χ0) is 16.7. The summed E-state index contributed by atoms with van der Waals surface area (Å²) in [7, 11) is 0. The van der Waals surface area contributed by atoms with Gasteiger partial charge in [-0.25, -0.2) is 0 Å². The third-order valence-electron chi connectivity index (χ3n) is 3.68. The summed E-state index contributed by atoms with van der Waals surface area (Å²) in [5, 5.41) is 21.7. The molecular weight excluding hydrogens is 284 g/mol. The second kappa shape index (κ2) is 7.61. The monoisotopic (exact) mass is 306 g/mol. The number of hydrogen-bond donors (Lipinski definition) is 2. The molecule has 0 aliphatic carbocycles. The fourth-order valence-corrected chi connectivity index (χ4v) is 2.62. The van der Waals surface area contributed by atoms with E-state index >= 15 is 0 Å². The summed E-state index contributed by atoms with van der Waals surface area (Å²) in [6.45, 7) is 4.00. The van der Waals surface area contributed by atoms with E-state index in [9.17, 15) is 10.2 Å². The molecule has 0 aromatic heterocycles. The number of phenolic OH excluding ortho intramolecular Hbond substituents is 1. The third kappa shape index (κ3) is 3.27. The van der Waals surface area contributed by atoms with Crippen LogP contribution < -0.4 is 0 Å². The Bertz CT molecular complexity index is 682. The van der Waals surface area contributed by atoms with E-state index in [0.29, 0.717) is 5.56 Å². The number of aliphatic hydroxyl groups is 1. The first-order chi connectivity index (χ1) is 11.2. The minimum Gasteiger partial charge on any atom is -0.508 e. The maximum Gasteiger partial charge on any atom is 0.144 e. The zero-order valence-electron chi connectivity index (χ0n) is 13.5. The van der Waals surface area contributed by atoms with Gasteiger partial charge in [0.25, 0.3) is 0 Å². The number of phenols is 1. The summed E-state index contributed by atoms with van der Waals surface area (Å²) in [6.07, 6.45) is 0. The second-order valence-electron chi connectivity index (χ2n) is 4.96. The Balaban J connectivity index is 0.000000924. The molecule has 23 heavy (non-hydrogen) atoms. The van der Waals surface area contributed by atoms with Crippen molar-refractivity contribution >= 4 is 0 Å². The van der Waals surface area contributed by atoms with Gasteiger partial charge in [-0.3, -0.25) is 0 Å². The minimum absolute atomic E-state index is 0.0766. The second-order valence-corrected chi connectivity index (χ2v) is 4.96. The first-order valence-corrected chi connectivity index (χ1v) is 7.85. The first kappa shape index (κ1) is 16.8. The van der Waals surface area contributed by atoms with Crippen LogP contribution in [0.1, 0.15) is 30.5 Å². The minimum atomic E-state index is -1.38. The Labute approximate surface area is 137 Å². The normalized spacial score (nSPS) is 10.6. The largest absolute Gasteiger partial charge is 0.508 e. The molecule has 3 aromatic carbocycles. The highest BCUT2D eigenvalue weighted by Crippen LogP contribution is 2.40. The molecule has 0 aliphatic rings. The van der Waals surface area contributed by atoms with Gasteiger partial charge >= 0.3 is 0 Å². The van der Waals surface area contributed by atoms with Crippen LogP contribution in [0.25, 0.3) is 0 Å². The van der Waals surface area contributed by atoms with Crippen molar-refractivity contribution in [3.63, 3.8) is 0 Å². The van der Waals surface area contributed by atoms with Gasteiger partial charge < -0.3 is 10.2 Å². The molecule has 0 aliphatic heterocycles. The smallest absolute Gasteiger partial charge is 0.144 e. The van der Waals surface area contributed by atoms with Crippen LogP contribution in [0.15, 0.2) is 84.9 Å². The van der Waals surface area contributed by atoms with E-state index in [0.717, 1.165) is 11.1 Å². The summed E-state index contributed by atoms with van der Waals surface area (Å²) in [4.78, 5) is 0. The molecule has 2 N–H and O–H groups in total. The van der Waals surface area contributed by atoms with Gasteiger partial charge in [0.15, 0.2) is 0 Å². The SMILES string of the molecule is CC.Oc1ccccc1C(O)(c1ccccc1)c1ccccc1. The maximum atomic E-state index is 11.4. The van der Waals surface area contributed by atoms with Crippen molar-refractivity contribution in [1.82, 2.24) is 0 Å². The van der Waals surface area contributed by atoms with Crippen molar-refractivity contribution in [3.05, 3.63) is 102 Å². The first-order valence-electron chi connectivity index (χ1n) is 7.85. The van der Waals surface area contributed by atoms with Crippen LogP contribution in [0.4, 0.5) is 0 Å². The third-order valence-corrected chi connectivity index (χ3v) is 3.68. The summed E-state index contributed by atoms with van der Waals surface area (Å²) in [5.74, 6) is 0.0766. The van der Waals surface area contributed by atoms with Gasteiger partial charge in [0, 0.05) is 5.56 Å². The van der Waals surface area contributed by atoms with E-state index < -0.39 is 5.60 Å². The van der Waals surface area contributed by atoms with Crippen LogP contribution in [0, 0.1) is 0 Å². The van der Waals surface area contributed by atoms with Crippen molar-refractivity contribution in [2.24, 2.45) is 0 Å². The summed E-state index contributed by atoms with van der Waals surface area (Å²) in [6, 6.07) is 25.7. The zero-order valence-corrected chi connectivity index (χ0v) is 13.5. The molecule has 0 amide bonds. The van der Waals surface area contributed by atoms with Gasteiger partial charge in [-0.1, -0.05) is 92.7 Å². The molecule has 0 atom stereocenters. The van der Waals surface area contributed by atoms with Crippen molar-refractivity contribution in [2.75, 3.05) is 0 Å². The molecule has 0 spiro atoms. The number of benzene rings is 3. The Morgan fingerprint density at radius 3 is 1.43 bits per heavy atom. The van der Waals surface area contributed by atoms with Crippen LogP contribution in [0.2, 0.25) is 0 Å². The number of hydrogen-bond acceptors (Lipinski definition) is 2. The Morgan fingerprint density at radius 2 is 1.00 bits per heavy atom. The van der Waals surface area contributed by atoms with Crippen LogP contribution in [-0.4, -0.2) is 10.2 Å². The molecular formula is C21H22O2. The van der Waals surface area contributed by atoms with E-state index in [1.807, 2.05) is 80.6 Å². The van der Waals surface area contributed by atoms with E-state index in [2.05, 4.69) is 0 Å². The number of aromatic hydroxyl groups is 1. The van der Waals surface area contributed by atoms with Crippen LogP contribution >= 0.6 is 0 Å². The summed E-state index contributed by atoms with van der Waals surface area (Å²) in [5.41, 5.74) is 0.534. The summed E-state index contributed by atoms with van der Waals surface area (Å²) >= 11 is 0. The average Bonchev–Trinajstić information content (AvgIpc) is 2.64. The molecule has 0 unspecified atom stereocenters. The lowest BCUT2D eigenvalue weighted by molar-refractivity contribution is 0.122. The molecule has 3 rings (SSSR count). The lowest BCUT2D eigenvalue weighted by Gasteiger charge is -2.30.